The molecule has 7 heteroatoms. The summed E-state index contributed by atoms with van der Waals surface area (Å²) in [6.45, 7) is 2.73. The maximum Gasteiger partial charge on any atom is 0.223 e. The van der Waals surface area contributed by atoms with Gasteiger partial charge in [0, 0.05) is 36.8 Å². The summed E-state index contributed by atoms with van der Waals surface area (Å²) < 4.78 is 6.19. The molecule has 0 aliphatic carbocycles. The smallest absolute Gasteiger partial charge is 0.223 e. The number of hydrogen-bond acceptors (Lipinski definition) is 6. The van der Waals surface area contributed by atoms with Crippen LogP contribution in [0.3, 0.4) is 0 Å². The third kappa shape index (κ3) is 3.32. The fourth-order valence-corrected chi connectivity index (χ4v) is 3.27. The van der Waals surface area contributed by atoms with Crippen molar-refractivity contribution in [1.82, 2.24) is 10.2 Å². The molecule has 1 aromatic rings. The molecule has 1 atom stereocenters. The molecule has 124 valence electrons. The summed E-state index contributed by atoms with van der Waals surface area (Å²) in [5, 5.41) is 25.6. The zero-order valence-electron chi connectivity index (χ0n) is 13.2. The Morgan fingerprint density at radius 1 is 1.21 bits per heavy atom. The molecule has 0 radical (unpaired) electrons. The Kier molecular flexibility index (Phi) is 4.92. The molecule has 0 spiro atoms. The topological polar surface area (TPSA) is 84.1 Å². The number of rotatable bonds is 4. The normalized spacial score (nSPS) is 22.8. The third-order valence-corrected chi connectivity index (χ3v) is 4.54. The number of benzene rings is 1. The first kappa shape index (κ1) is 16.6. The number of allylic oxidation sites excluding steroid dienone is 1. The molecule has 2 aliphatic rings. The predicted molar refractivity (Wildman–Crippen MR) is 90.6 cm³/mol. The first-order valence-electron chi connectivity index (χ1n) is 7.93. The fraction of sp³-hybridized carbons (Fsp3) is 0.412. The molecule has 6 nitrogen and oxygen atoms in total. The van der Waals surface area contributed by atoms with Crippen LogP contribution in [0.15, 0.2) is 35.7 Å². The second-order valence-electron chi connectivity index (χ2n) is 5.82. The molecule has 0 bridgehead atoms. The minimum absolute atomic E-state index is 0.0847. The quantitative estimate of drug-likeness (QED) is 0.646. The van der Waals surface area contributed by atoms with E-state index in [4.69, 9.17) is 16.3 Å². The highest BCUT2D eigenvalue weighted by Gasteiger charge is 2.45. The van der Waals surface area contributed by atoms with E-state index < -0.39 is 5.85 Å². The van der Waals surface area contributed by atoms with Crippen molar-refractivity contribution in [3.05, 3.63) is 40.7 Å². The van der Waals surface area contributed by atoms with Gasteiger partial charge in [-0.25, -0.2) is 0 Å². The molecule has 2 saturated heterocycles. The summed E-state index contributed by atoms with van der Waals surface area (Å²) in [4.78, 5) is 2.23. The summed E-state index contributed by atoms with van der Waals surface area (Å²) in [5.74, 6) is -0.477. The lowest BCUT2D eigenvalue weighted by molar-refractivity contribution is -0.141. The van der Waals surface area contributed by atoms with E-state index >= 15 is 0 Å². The van der Waals surface area contributed by atoms with Gasteiger partial charge in [-0.15, -0.1) is 0 Å². The lowest BCUT2D eigenvalue weighted by Crippen LogP contribution is -2.61. The van der Waals surface area contributed by atoms with Crippen LogP contribution in [0.5, 0.6) is 0 Å². The largest absolute Gasteiger partial charge is 0.442 e. The molecule has 2 heterocycles. The van der Waals surface area contributed by atoms with Gasteiger partial charge >= 0.3 is 0 Å². The van der Waals surface area contributed by atoms with E-state index in [0.717, 1.165) is 38.9 Å². The Labute approximate surface area is 146 Å². The molecule has 2 fully saturated rings. The van der Waals surface area contributed by atoms with Crippen molar-refractivity contribution in [3.8, 4) is 12.1 Å². The molecule has 24 heavy (non-hydrogen) atoms. The predicted octanol–water partition coefficient (Wildman–Crippen LogP) is 2.77. The van der Waals surface area contributed by atoms with Crippen LogP contribution in [-0.4, -0.2) is 30.4 Å². The Morgan fingerprint density at radius 3 is 2.62 bits per heavy atom. The van der Waals surface area contributed by atoms with Crippen LogP contribution < -0.4 is 10.6 Å². The molecule has 1 aromatic carbocycles. The highest BCUT2D eigenvalue weighted by atomic mass is 35.5. The number of nitriles is 2. The van der Waals surface area contributed by atoms with Crippen molar-refractivity contribution >= 4 is 17.3 Å². The maximum absolute atomic E-state index is 9.28. The fourth-order valence-electron chi connectivity index (χ4n) is 3.14. The molecular formula is C17H18ClN5O. The van der Waals surface area contributed by atoms with E-state index in [0.29, 0.717) is 10.7 Å². The molecule has 0 aromatic heterocycles. The van der Waals surface area contributed by atoms with Gasteiger partial charge in [-0.1, -0.05) is 11.6 Å². The SMILES string of the molecule is N#CC(C#N)=C(Nc1ccc(Cl)cc1)O[C@]12CCCN1CCCN2. The van der Waals surface area contributed by atoms with Crippen LogP contribution in [0.1, 0.15) is 19.3 Å². The number of anilines is 1. The Balaban J connectivity index is 1.89. The lowest BCUT2D eigenvalue weighted by Gasteiger charge is -2.43. The van der Waals surface area contributed by atoms with Gasteiger partial charge in [0.25, 0.3) is 0 Å². The molecule has 2 aliphatic heterocycles. The van der Waals surface area contributed by atoms with Gasteiger partial charge < -0.3 is 10.1 Å². The summed E-state index contributed by atoms with van der Waals surface area (Å²) in [5.41, 5.74) is 0.618. The van der Waals surface area contributed by atoms with Crippen molar-refractivity contribution < 1.29 is 4.74 Å². The monoisotopic (exact) mass is 343 g/mol. The maximum atomic E-state index is 9.28. The molecule has 2 N–H and O–H groups in total. The Bertz CT molecular complexity index is 702. The summed E-state index contributed by atoms with van der Waals surface area (Å²) in [7, 11) is 0. The van der Waals surface area contributed by atoms with Crippen LogP contribution in [0.25, 0.3) is 0 Å². The van der Waals surface area contributed by atoms with E-state index in [1.807, 2.05) is 12.1 Å². The Hall–Kier alpha value is -2.25. The second-order valence-corrected chi connectivity index (χ2v) is 6.25. The van der Waals surface area contributed by atoms with Crippen molar-refractivity contribution in [2.45, 2.75) is 25.1 Å². The molecule has 3 rings (SSSR count). The third-order valence-electron chi connectivity index (χ3n) is 4.28. The molecular weight excluding hydrogens is 326 g/mol. The van der Waals surface area contributed by atoms with Gasteiger partial charge in [-0.2, -0.15) is 10.5 Å². The summed E-state index contributed by atoms with van der Waals surface area (Å²) in [6.07, 6.45) is 2.87. The van der Waals surface area contributed by atoms with Crippen LogP contribution in [-0.2, 0) is 4.74 Å². The summed E-state index contributed by atoms with van der Waals surface area (Å²) >= 11 is 5.90. The van der Waals surface area contributed by atoms with E-state index in [1.54, 1.807) is 24.3 Å². The number of fused-ring (bicyclic) bond motifs is 1. The number of halogens is 1. The van der Waals surface area contributed by atoms with Crippen molar-refractivity contribution in [1.29, 1.82) is 10.5 Å². The average Bonchev–Trinajstić information content (AvgIpc) is 3.01. The number of nitrogens with one attached hydrogen (secondary N) is 2. The van der Waals surface area contributed by atoms with Gasteiger partial charge in [0.1, 0.15) is 12.1 Å². The molecule has 0 saturated carbocycles. The van der Waals surface area contributed by atoms with Gasteiger partial charge in [0.05, 0.1) is 0 Å². The molecule has 0 amide bonds. The molecule has 0 unspecified atom stereocenters. The number of hydrogen-bond donors (Lipinski definition) is 2. The standard InChI is InChI=1S/C17H18ClN5O/c18-14-3-5-15(6-4-14)22-16(13(11-19)12-20)24-17-7-1-9-23(17)10-2-8-21-17/h3-6,21-22H,1-2,7-10H2/t17-/m0/s1. The zero-order valence-corrected chi connectivity index (χ0v) is 13.9. The number of nitrogens with zero attached hydrogens (tertiary/aromatic N) is 3. The lowest BCUT2D eigenvalue weighted by atomic mass is 10.2. The first-order valence-corrected chi connectivity index (χ1v) is 8.31. The van der Waals surface area contributed by atoms with Crippen molar-refractivity contribution in [3.63, 3.8) is 0 Å². The van der Waals surface area contributed by atoms with Crippen LogP contribution in [0.2, 0.25) is 5.02 Å². The van der Waals surface area contributed by atoms with E-state index in [9.17, 15) is 10.5 Å². The van der Waals surface area contributed by atoms with E-state index in [1.165, 1.54) is 0 Å². The van der Waals surface area contributed by atoms with Gasteiger partial charge in [-0.3, -0.25) is 10.2 Å². The van der Waals surface area contributed by atoms with E-state index in [2.05, 4.69) is 15.5 Å². The van der Waals surface area contributed by atoms with Crippen LogP contribution in [0.4, 0.5) is 5.69 Å². The number of ether oxygens (including phenoxy) is 1. The van der Waals surface area contributed by atoms with Crippen molar-refractivity contribution in [2.24, 2.45) is 0 Å². The summed E-state index contributed by atoms with van der Waals surface area (Å²) in [6, 6.07) is 10.8. The minimum Gasteiger partial charge on any atom is -0.442 e. The van der Waals surface area contributed by atoms with Crippen LogP contribution >= 0.6 is 11.6 Å². The van der Waals surface area contributed by atoms with Gasteiger partial charge in [0.15, 0.2) is 5.57 Å². The highest BCUT2D eigenvalue weighted by molar-refractivity contribution is 6.30. The zero-order chi connectivity index (χ0) is 17.0. The highest BCUT2D eigenvalue weighted by Crippen LogP contribution is 2.33. The van der Waals surface area contributed by atoms with Crippen molar-refractivity contribution in [2.75, 3.05) is 25.0 Å². The Morgan fingerprint density at radius 2 is 1.92 bits per heavy atom. The average molecular weight is 344 g/mol. The second kappa shape index (κ2) is 7.11. The van der Waals surface area contributed by atoms with Crippen LogP contribution in [0, 0.1) is 22.7 Å². The van der Waals surface area contributed by atoms with Gasteiger partial charge in [-0.05, 0) is 37.1 Å². The van der Waals surface area contributed by atoms with Gasteiger partial charge in [0.2, 0.25) is 11.7 Å². The first-order chi connectivity index (χ1) is 11.7. The van der Waals surface area contributed by atoms with E-state index in [-0.39, 0.29) is 11.5 Å². The minimum atomic E-state index is -0.647.